The number of rotatable bonds is 9. The molecule has 0 saturated carbocycles. The number of anilines is 2. The third-order valence-corrected chi connectivity index (χ3v) is 3.42. The second kappa shape index (κ2) is 9.50. The molecule has 0 bridgehead atoms. The van der Waals surface area contributed by atoms with Crippen molar-refractivity contribution in [3.05, 3.63) is 42.4 Å². The smallest absolute Gasteiger partial charge is 0.274 e. The summed E-state index contributed by atoms with van der Waals surface area (Å²) in [5.74, 6) is 1.01. The summed E-state index contributed by atoms with van der Waals surface area (Å²) >= 11 is 0. The Morgan fingerprint density at radius 3 is 2.79 bits per heavy atom. The van der Waals surface area contributed by atoms with Crippen molar-refractivity contribution in [1.29, 1.82) is 0 Å². The maximum absolute atomic E-state index is 12.4. The van der Waals surface area contributed by atoms with Crippen molar-refractivity contribution in [2.24, 2.45) is 0 Å². The van der Waals surface area contributed by atoms with Crippen LogP contribution in [0.5, 0.6) is 5.75 Å². The summed E-state index contributed by atoms with van der Waals surface area (Å²) in [6, 6.07) is 8.99. The van der Waals surface area contributed by atoms with E-state index in [9.17, 15) is 4.79 Å². The van der Waals surface area contributed by atoms with Crippen LogP contribution < -0.4 is 15.4 Å². The van der Waals surface area contributed by atoms with Gasteiger partial charge in [0.15, 0.2) is 0 Å². The molecule has 0 aliphatic rings. The van der Waals surface area contributed by atoms with Gasteiger partial charge in [-0.25, -0.2) is 9.97 Å². The van der Waals surface area contributed by atoms with Gasteiger partial charge in [0.1, 0.15) is 23.6 Å². The van der Waals surface area contributed by atoms with E-state index in [2.05, 4.69) is 27.5 Å². The van der Waals surface area contributed by atoms with E-state index in [4.69, 9.17) is 4.74 Å². The van der Waals surface area contributed by atoms with Crippen LogP contribution in [0.3, 0.4) is 0 Å². The minimum absolute atomic E-state index is 0.291. The Morgan fingerprint density at radius 2 is 2.00 bits per heavy atom. The summed E-state index contributed by atoms with van der Waals surface area (Å²) in [5, 5.41) is 6.05. The first-order valence-electron chi connectivity index (χ1n) is 8.33. The highest BCUT2D eigenvalue weighted by Crippen LogP contribution is 2.24. The average Bonchev–Trinajstić information content (AvgIpc) is 2.61. The Kier molecular flexibility index (Phi) is 7.01. The van der Waals surface area contributed by atoms with Crippen LogP contribution in [0.25, 0.3) is 0 Å². The molecular weight excluding hydrogens is 304 g/mol. The second-order valence-corrected chi connectivity index (χ2v) is 5.31. The molecule has 1 heterocycles. The van der Waals surface area contributed by atoms with E-state index in [0.717, 1.165) is 13.0 Å². The number of benzene rings is 1. The normalized spacial score (nSPS) is 10.2. The van der Waals surface area contributed by atoms with Gasteiger partial charge in [-0.1, -0.05) is 31.9 Å². The summed E-state index contributed by atoms with van der Waals surface area (Å²) in [6.45, 7) is 5.43. The molecule has 128 valence electrons. The maximum atomic E-state index is 12.4. The van der Waals surface area contributed by atoms with Gasteiger partial charge < -0.3 is 15.4 Å². The number of para-hydroxylation sites is 2. The van der Waals surface area contributed by atoms with Gasteiger partial charge in [0.2, 0.25) is 0 Å². The van der Waals surface area contributed by atoms with Crippen LogP contribution in [-0.2, 0) is 0 Å². The molecule has 0 fully saturated rings. The number of ether oxygens (including phenoxy) is 1. The Bertz CT molecular complexity index is 661. The zero-order valence-corrected chi connectivity index (χ0v) is 14.2. The molecule has 0 atom stereocenters. The Labute approximate surface area is 142 Å². The Hall–Kier alpha value is -2.63. The molecule has 0 radical (unpaired) electrons. The van der Waals surface area contributed by atoms with Gasteiger partial charge in [0, 0.05) is 12.6 Å². The van der Waals surface area contributed by atoms with E-state index in [1.54, 1.807) is 12.1 Å². The van der Waals surface area contributed by atoms with E-state index in [-0.39, 0.29) is 5.91 Å². The number of nitrogens with zero attached hydrogens (tertiary/aromatic N) is 2. The van der Waals surface area contributed by atoms with E-state index in [1.165, 1.54) is 19.2 Å². The number of hydrogen-bond acceptors (Lipinski definition) is 5. The summed E-state index contributed by atoms with van der Waals surface area (Å²) < 4.78 is 5.51. The summed E-state index contributed by atoms with van der Waals surface area (Å²) in [5.41, 5.74) is 0.940. The quantitative estimate of drug-likeness (QED) is 0.686. The van der Waals surface area contributed by atoms with E-state index < -0.39 is 0 Å². The molecule has 0 saturated heterocycles. The molecule has 1 amide bonds. The largest absolute Gasteiger partial charge is 0.492 e. The molecule has 2 rings (SSSR count). The topological polar surface area (TPSA) is 76.1 Å². The van der Waals surface area contributed by atoms with Crippen molar-refractivity contribution in [2.45, 2.75) is 33.1 Å². The molecule has 2 N–H and O–H groups in total. The highest BCUT2D eigenvalue weighted by Gasteiger charge is 2.11. The monoisotopic (exact) mass is 328 g/mol. The SMILES string of the molecule is CCCCCNc1cc(C(=O)Nc2ccccc2OCC)ncn1. The van der Waals surface area contributed by atoms with Crippen molar-refractivity contribution in [3.63, 3.8) is 0 Å². The van der Waals surface area contributed by atoms with Crippen LogP contribution in [0, 0.1) is 0 Å². The molecule has 6 nitrogen and oxygen atoms in total. The first-order valence-corrected chi connectivity index (χ1v) is 8.33. The van der Waals surface area contributed by atoms with Gasteiger partial charge in [-0.3, -0.25) is 4.79 Å². The molecular formula is C18H24N4O2. The third kappa shape index (κ3) is 5.22. The second-order valence-electron chi connectivity index (χ2n) is 5.31. The van der Waals surface area contributed by atoms with Gasteiger partial charge in [-0.05, 0) is 25.5 Å². The average molecular weight is 328 g/mol. The molecule has 0 unspecified atom stereocenters. The van der Waals surface area contributed by atoms with Crippen LogP contribution >= 0.6 is 0 Å². The van der Waals surface area contributed by atoms with Gasteiger partial charge in [-0.2, -0.15) is 0 Å². The van der Waals surface area contributed by atoms with Crippen molar-refractivity contribution in [2.75, 3.05) is 23.8 Å². The minimum Gasteiger partial charge on any atom is -0.492 e. The van der Waals surface area contributed by atoms with Crippen molar-refractivity contribution < 1.29 is 9.53 Å². The number of unbranched alkanes of at least 4 members (excludes halogenated alkanes) is 2. The van der Waals surface area contributed by atoms with Crippen molar-refractivity contribution >= 4 is 17.4 Å². The summed E-state index contributed by atoms with van der Waals surface area (Å²) in [6.07, 6.45) is 4.80. The highest BCUT2D eigenvalue weighted by molar-refractivity contribution is 6.04. The fourth-order valence-corrected chi connectivity index (χ4v) is 2.21. The number of carbonyl (C=O) groups excluding carboxylic acids is 1. The molecule has 2 aromatic rings. The highest BCUT2D eigenvalue weighted by atomic mass is 16.5. The lowest BCUT2D eigenvalue weighted by atomic mass is 10.2. The van der Waals surface area contributed by atoms with Crippen molar-refractivity contribution in [3.8, 4) is 5.75 Å². The molecule has 1 aromatic heterocycles. The van der Waals surface area contributed by atoms with Crippen molar-refractivity contribution in [1.82, 2.24) is 9.97 Å². The van der Waals surface area contributed by atoms with Gasteiger partial charge in [0.25, 0.3) is 5.91 Å². The van der Waals surface area contributed by atoms with E-state index in [1.807, 2.05) is 25.1 Å². The predicted octanol–water partition coefficient (Wildman–Crippen LogP) is 3.73. The standard InChI is InChI=1S/C18H24N4O2/c1-3-5-8-11-19-17-12-15(20-13-21-17)18(23)22-14-9-6-7-10-16(14)24-4-2/h6-7,9-10,12-13H,3-5,8,11H2,1-2H3,(H,22,23)(H,19,20,21). The van der Waals surface area contributed by atoms with Crippen LogP contribution in [0.2, 0.25) is 0 Å². The first kappa shape index (κ1) is 17.7. The minimum atomic E-state index is -0.291. The number of amides is 1. The first-order chi connectivity index (χ1) is 11.7. The van der Waals surface area contributed by atoms with Crippen LogP contribution in [0.4, 0.5) is 11.5 Å². The van der Waals surface area contributed by atoms with E-state index >= 15 is 0 Å². The lowest BCUT2D eigenvalue weighted by Crippen LogP contribution is -2.15. The van der Waals surface area contributed by atoms with Crippen LogP contribution in [-0.4, -0.2) is 29.0 Å². The van der Waals surface area contributed by atoms with Gasteiger partial charge in [0.05, 0.1) is 12.3 Å². The lowest BCUT2D eigenvalue weighted by molar-refractivity contribution is 0.102. The molecule has 6 heteroatoms. The number of aromatic nitrogens is 2. The number of carbonyl (C=O) groups is 1. The Balaban J connectivity index is 2.02. The molecule has 1 aromatic carbocycles. The van der Waals surface area contributed by atoms with E-state index in [0.29, 0.717) is 29.6 Å². The predicted molar refractivity (Wildman–Crippen MR) is 95.6 cm³/mol. The zero-order valence-electron chi connectivity index (χ0n) is 14.2. The van der Waals surface area contributed by atoms with Gasteiger partial charge in [-0.15, -0.1) is 0 Å². The Morgan fingerprint density at radius 1 is 1.17 bits per heavy atom. The fraction of sp³-hybridized carbons (Fsp3) is 0.389. The maximum Gasteiger partial charge on any atom is 0.274 e. The third-order valence-electron chi connectivity index (χ3n) is 3.42. The fourth-order valence-electron chi connectivity index (χ4n) is 2.21. The molecule has 0 spiro atoms. The number of nitrogens with one attached hydrogen (secondary N) is 2. The summed E-state index contributed by atoms with van der Waals surface area (Å²) in [7, 11) is 0. The molecule has 0 aliphatic heterocycles. The molecule has 24 heavy (non-hydrogen) atoms. The zero-order chi connectivity index (χ0) is 17.2. The molecule has 0 aliphatic carbocycles. The van der Waals surface area contributed by atoms with Crippen LogP contribution in [0.15, 0.2) is 36.7 Å². The van der Waals surface area contributed by atoms with Gasteiger partial charge >= 0.3 is 0 Å². The lowest BCUT2D eigenvalue weighted by Gasteiger charge is -2.11. The number of hydrogen-bond donors (Lipinski definition) is 2. The van der Waals surface area contributed by atoms with Crippen LogP contribution in [0.1, 0.15) is 43.6 Å². The summed E-state index contributed by atoms with van der Waals surface area (Å²) in [4.78, 5) is 20.6.